The Hall–Kier alpha value is -1.96. The topological polar surface area (TPSA) is 75.5 Å². The van der Waals surface area contributed by atoms with E-state index in [1.807, 2.05) is 0 Å². The van der Waals surface area contributed by atoms with Crippen LogP contribution in [0.3, 0.4) is 0 Å². The second kappa shape index (κ2) is 7.88. The molecule has 1 aromatic heterocycles. The van der Waals surface area contributed by atoms with E-state index in [0.717, 1.165) is 5.56 Å². The minimum absolute atomic E-state index is 0.282. The van der Waals surface area contributed by atoms with Crippen LogP contribution >= 0.6 is 11.6 Å². The number of hydrogen-bond donors (Lipinski definition) is 0. The average molecular weight is 326 g/mol. The number of ether oxygens (including phenoxy) is 3. The van der Waals surface area contributed by atoms with Crippen LogP contribution in [-0.2, 0) is 20.9 Å². The number of hydrogen-bond acceptors (Lipinski definition) is 6. The van der Waals surface area contributed by atoms with Crippen LogP contribution in [0.25, 0.3) is 11.3 Å². The van der Waals surface area contributed by atoms with Crippen LogP contribution in [0.2, 0.25) is 5.02 Å². The van der Waals surface area contributed by atoms with Crippen molar-refractivity contribution in [2.75, 3.05) is 27.4 Å². The number of carbonyl (C=O) groups is 1. The van der Waals surface area contributed by atoms with Crippen LogP contribution < -0.4 is 0 Å². The molecule has 1 heterocycles. The molecule has 0 unspecified atom stereocenters. The van der Waals surface area contributed by atoms with E-state index in [-0.39, 0.29) is 6.73 Å². The second-order valence-electron chi connectivity index (χ2n) is 4.36. The van der Waals surface area contributed by atoms with Crippen molar-refractivity contribution in [2.45, 2.75) is 6.73 Å². The summed E-state index contributed by atoms with van der Waals surface area (Å²) >= 11 is 6.08. The van der Waals surface area contributed by atoms with E-state index in [4.69, 9.17) is 21.1 Å². The molecule has 1 aromatic carbocycles. The maximum atomic E-state index is 11.5. The zero-order valence-corrected chi connectivity index (χ0v) is 13.0. The Balaban J connectivity index is 2.07. The Morgan fingerprint density at radius 1 is 1.32 bits per heavy atom. The summed E-state index contributed by atoms with van der Waals surface area (Å²) in [5, 5.41) is 8.31. The summed E-state index contributed by atoms with van der Waals surface area (Å²) in [4.78, 5) is 11.5. The third-order valence-corrected chi connectivity index (χ3v) is 3.18. The van der Waals surface area contributed by atoms with E-state index >= 15 is 0 Å². The van der Waals surface area contributed by atoms with E-state index in [1.54, 1.807) is 36.2 Å². The van der Waals surface area contributed by atoms with E-state index in [9.17, 15) is 4.79 Å². The Kier molecular flexibility index (Phi) is 5.88. The highest BCUT2D eigenvalue weighted by molar-refractivity contribution is 6.33. The fourth-order valence-electron chi connectivity index (χ4n) is 1.74. The first-order chi connectivity index (χ1) is 10.7. The Morgan fingerprint density at radius 3 is 2.82 bits per heavy atom. The molecule has 0 fully saturated rings. The van der Waals surface area contributed by atoms with Gasteiger partial charge in [0.1, 0.15) is 12.4 Å². The number of esters is 1. The number of benzene rings is 1. The van der Waals surface area contributed by atoms with Gasteiger partial charge in [-0.1, -0.05) is 22.9 Å². The summed E-state index contributed by atoms with van der Waals surface area (Å²) in [5.74, 6) is -0.480. The van der Waals surface area contributed by atoms with Gasteiger partial charge in [-0.2, -0.15) is 0 Å². The van der Waals surface area contributed by atoms with Crippen LogP contribution in [0.4, 0.5) is 0 Å². The minimum Gasteiger partial charge on any atom is -0.465 e. The van der Waals surface area contributed by atoms with Gasteiger partial charge in [0.2, 0.25) is 0 Å². The molecule has 118 valence electrons. The minimum atomic E-state index is -0.480. The van der Waals surface area contributed by atoms with Crippen LogP contribution in [-0.4, -0.2) is 48.4 Å². The van der Waals surface area contributed by atoms with E-state index < -0.39 is 5.97 Å². The highest BCUT2D eigenvalue weighted by Gasteiger charge is 2.13. The van der Waals surface area contributed by atoms with Crippen LogP contribution in [0, 0.1) is 0 Å². The van der Waals surface area contributed by atoms with Gasteiger partial charge in [0.05, 0.1) is 37.1 Å². The van der Waals surface area contributed by atoms with Crippen molar-refractivity contribution in [3.05, 3.63) is 35.0 Å². The molecular formula is C14H16ClN3O4. The molecule has 0 aliphatic rings. The van der Waals surface area contributed by atoms with Gasteiger partial charge in [-0.3, -0.25) is 0 Å². The molecule has 0 spiro atoms. The molecule has 0 radical (unpaired) electrons. The van der Waals surface area contributed by atoms with Crippen LogP contribution in [0.15, 0.2) is 24.4 Å². The van der Waals surface area contributed by atoms with Crippen molar-refractivity contribution < 1.29 is 19.0 Å². The first kappa shape index (κ1) is 16.4. The zero-order chi connectivity index (χ0) is 15.9. The third-order valence-electron chi connectivity index (χ3n) is 2.86. The number of methoxy groups -OCH3 is 2. The van der Waals surface area contributed by atoms with Gasteiger partial charge in [-0.15, -0.1) is 5.10 Å². The van der Waals surface area contributed by atoms with Gasteiger partial charge in [0.15, 0.2) is 0 Å². The number of rotatable bonds is 7. The van der Waals surface area contributed by atoms with Gasteiger partial charge in [-0.05, 0) is 12.1 Å². The van der Waals surface area contributed by atoms with E-state index in [2.05, 4.69) is 15.0 Å². The van der Waals surface area contributed by atoms with E-state index in [1.165, 1.54) is 7.11 Å². The first-order valence-corrected chi connectivity index (χ1v) is 6.88. The van der Waals surface area contributed by atoms with Gasteiger partial charge in [0, 0.05) is 12.7 Å². The molecule has 2 rings (SSSR count). The van der Waals surface area contributed by atoms with Gasteiger partial charge in [-0.25, -0.2) is 9.48 Å². The van der Waals surface area contributed by atoms with Crippen molar-refractivity contribution in [1.82, 2.24) is 15.0 Å². The van der Waals surface area contributed by atoms with E-state index in [0.29, 0.717) is 29.5 Å². The van der Waals surface area contributed by atoms with Crippen LogP contribution in [0.1, 0.15) is 10.4 Å². The van der Waals surface area contributed by atoms with Crippen LogP contribution in [0.5, 0.6) is 0 Å². The molecule has 22 heavy (non-hydrogen) atoms. The average Bonchev–Trinajstić information content (AvgIpc) is 2.99. The first-order valence-electron chi connectivity index (χ1n) is 6.50. The number of aromatic nitrogens is 3. The molecular weight excluding hydrogens is 310 g/mol. The Morgan fingerprint density at radius 2 is 2.14 bits per heavy atom. The fraction of sp³-hybridized carbons (Fsp3) is 0.357. The summed E-state index contributed by atoms with van der Waals surface area (Å²) in [6.07, 6.45) is 1.73. The molecule has 7 nitrogen and oxygen atoms in total. The number of nitrogens with zero attached hydrogens (tertiary/aromatic N) is 3. The predicted octanol–water partition coefficient (Wildman–Crippen LogP) is 2.01. The number of halogens is 1. The van der Waals surface area contributed by atoms with Gasteiger partial charge >= 0.3 is 5.97 Å². The lowest BCUT2D eigenvalue weighted by Gasteiger charge is -2.04. The molecule has 0 atom stereocenters. The molecule has 0 aliphatic carbocycles. The maximum absolute atomic E-state index is 11.5. The molecule has 8 heteroatoms. The lowest BCUT2D eigenvalue weighted by Crippen LogP contribution is -2.07. The maximum Gasteiger partial charge on any atom is 0.339 e. The third kappa shape index (κ3) is 4.03. The van der Waals surface area contributed by atoms with Gasteiger partial charge in [0.25, 0.3) is 0 Å². The summed E-state index contributed by atoms with van der Waals surface area (Å²) in [7, 11) is 2.92. The molecule has 2 aromatic rings. The molecule has 0 aliphatic heterocycles. The largest absolute Gasteiger partial charge is 0.465 e. The SMILES string of the molecule is COCCOCn1cc(-c2ccc(C(=O)OC)c(Cl)c2)nn1. The summed E-state index contributed by atoms with van der Waals surface area (Å²) in [5.41, 5.74) is 1.69. The fourth-order valence-corrected chi connectivity index (χ4v) is 2.00. The lowest BCUT2D eigenvalue weighted by molar-refractivity contribution is 0.0281. The molecule has 0 N–H and O–H groups in total. The van der Waals surface area contributed by atoms with Gasteiger partial charge < -0.3 is 14.2 Å². The zero-order valence-electron chi connectivity index (χ0n) is 12.3. The predicted molar refractivity (Wildman–Crippen MR) is 79.6 cm³/mol. The summed E-state index contributed by atoms with van der Waals surface area (Å²) < 4.78 is 16.4. The molecule has 0 saturated carbocycles. The molecule has 0 amide bonds. The summed E-state index contributed by atoms with van der Waals surface area (Å²) in [6, 6.07) is 4.98. The monoisotopic (exact) mass is 325 g/mol. The van der Waals surface area contributed by atoms with Crippen molar-refractivity contribution in [1.29, 1.82) is 0 Å². The van der Waals surface area contributed by atoms with Crippen molar-refractivity contribution in [3.63, 3.8) is 0 Å². The Labute approximate surface area is 132 Å². The smallest absolute Gasteiger partial charge is 0.339 e. The highest BCUT2D eigenvalue weighted by atomic mass is 35.5. The lowest BCUT2D eigenvalue weighted by atomic mass is 10.1. The quantitative estimate of drug-likeness (QED) is 0.572. The Bertz CT molecular complexity index is 645. The standard InChI is InChI=1S/C14H16ClN3O4/c1-20-5-6-22-9-18-8-13(16-17-18)10-3-4-11(12(15)7-10)14(19)21-2/h3-4,7-8H,5-6,9H2,1-2H3. The van der Waals surface area contributed by atoms with Crippen molar-refractivity contribution in [3.8, 4) is 11.3 Å². The number of carbonyl (C=O) groups excluding carboxylic acids is 1. The second-order valence-corrected chi connectivity index (χ2v) is 4.77. The highest BCUT2D eigenvalue weighted by Crippen LogP contribution is 2.24. The van der Waals surface area contributed by atoms with Crippen molar-refractivity contribution in [2.24, 2.45) is 0 Å². The molecule has 0 bridgehead atoms. The molecule has 0 saturated heterocycles. The normalized spacial score (nSPS) is 10.7. The van der Waals surface area contributed by atoms with Crippen molar-refractivity contribution >= 4 is 17.6 Å². The summed E-state index contributed by atoms with van der Waals surface area (Å²) in [6.45, 7) is 1.28.